The number of halogens is 1. The second-order valence-electron chi connectivity index (χ2n) is 8.75. The smallest absolute Gasteiger partial charge is 0.227 e. The molecule has 9 nitrogen and oxygen atoms in total. The molecular formula is C25H28ClN7O2. The number of amides is 1. The Hall–Kier alpha value is -3.43. The van der Waals surface area contributed by atoms with Gasteiger partial charge >= 0.3 is 0 Å². The largest absolute Gasteiger partial charge is 0.383 e. The molecule has 0 saturated carbocycles. The van der Waals surface area contributed by atoms with Crippen LogP contribution < -0.4 is 10.2 Å². The predicted molar refractivity (Wildman–Crippen MR) is 134 cm³/mol. The van der Waals surface area contributed by atoms with Gasteiger partial charge in [0.25, 0.3) is 0 Å². The molecule has 35 heavy (non-hydrogen) atoms. The fourth-order valence-electron chi connectivity index (χ4n) is 4.36. The summed E-state index contributed by atoms with van der Waals surface area (Å²) in [5, 5.41) is 12.7. The molecule has 1 atom stereocenters. The topological polar surface area (TPSA) is 89.6 Å². The molecule has 4 aromatic rings. The van der Waals surface area contributed by atoms with E-state index in [4.69, 9.17) is 16.3 Å². The Morgan fingerprint density at radius 1 is 1.20 bits per heavy atom. The second-order valence-corrected chi connectivity index (χ2v) is 9.19. The molecule has 0 spiro atoms. The van der Waals surface area contributed by atoms with Crippen LogP contribution in [-0.2, 0) is 16.1 Å². The number of benzene rings is 1. The molecule has 1 amide bonds. The van der Waals surface area contributed by atoms with Crippen molar-refractivity contribution in [2.45, 2.75) is 25.9 Å². The number of nitrogens with one attached hydrogen (secondary N) is 1. The Bertz CT molecular complexity index is 1310. The van der Waals surface area contributed by atoms with Gasteiger partial charge in [0, 0.05) is 48.7 Å². The van der Waals surface area contributed by atoms with Crippen LogP contribution in [0.15, 0.2) is 55.2 Å². The lowest BCUT2D eigenvalue weighted by atomic mass is 9.97. The number of hydrogen-bond acceptors (Lipinski definition) is 6. The summed E-state index contributed by atoms with van der Waals surface area (Å²) in [6, 6.07) is 9.67. The Balaban J connectivity index is 1.26. The molecule has 1 aliphatic heterocycles. The molecule has 1 unspecified atom stereocenters. The van der Waals surface area contributed by atoms with Crippen LogP contribution in [0, 0.1) is 5.92 Å². The minimum atomic E-state index is -0.0835. The summed E-state index contributed by atoms with van der Waals surface area (Å²) in [4.78, 5) is 19.6. The quantitative estimate of drug-likeness (QED) is 0.383. The van der Waals surface area contributed by atoms with E-state index >= 15 is 0 Å². The van der Waals surface area contributed by atoms with Gasteiger partial charge in [-0.3, -0.25) is 9.48 Å². The van der Waals surface area contributed by atoms with E-state index < -0.39 is 0 Å². The number of carbonyl (C=O) groups is 1. The number of carbonyl (C=O) groups excluding carboxylic acids is 1. The Morgan fingerprint density at radius 2 is 2.00 bits per heavy atom. The third-order valence-corrected chi connectivity index (χ3v) is 6.68. The van der Waals surface area contributed by atoms with Crippen LogP contribution in [0.25, 0.3) is 16.6 Å². The number of anilines is 1. The van der Waals surface area contributed by atoms with Crippen LogP contribution in [0.1, 0.15) is 24.9 Å². The monoisotopic (exact) mass is 493 g/mol. The van der Waals surface area contributed by atoms with Crippen molar-refractivity contribution in [2.24, 2.45) is 5.92 Å². The highest BCUT2D eigenvalue weighted by molar-refractivity contribution is 6.30. The lowest BCUT2D eigenvalue weighted by Gasteiger charge is -2.39. The first-order chi connectivity index (χ1) is 17.1. The maximum atomic E-state index is 12.9. The summed E-state index contributed by atoms with van der Waals surface area (Å²) >= 11 is 6.00. The Labute approximate surface area is 208 Å². The summed E-state index contributed by atoms with van der Waals surface area (Å²) in [5.41, 5.74) is 3.98. The average Bonchev–Trinajstić information content (AvgIpc) is 3.48. The molecule has 4 heterocycles. The van der Waals surface area contributed by atoms with Crippen molar-refractivity contribution in [1.29, 1.82) is 0 Å². The molecule has 1 aliphatic rings. The lowest BCUT2D eigenvalue weighted by molar-refractivity contribution is -0.126. The summed E-state index contributed by atoms with van der Waals surface area (Å²) < 4.78 is 8.81. The van der Waals surface area contributed by atoms with Gasteiger partial charge in [0.2, 0.25) is 5.91 Å². The number of nitrogens with zero attached hydrogens (tertiary/aromatic N) is 6. The van der Waals surface area contributed by atoms with Gasteiger partial charge in [-0.1, -0.05) is 30.7 Å². The molecule has 0 bridgehead atoms. The fraction of sp³-hybridized carbons (Fsp3) is 0.360. The van der Waals surface area contributed by atoms with Crippen molar-refractivity contribution < 1.29 is 9.53 Å². The summed E-state index contributed by atoms with van der Waals surface area (Å²) in [6.45, 7) is 4.60. The van der Waals surface area contributed by atoms with Crippen molar-refractivity contribution in [3.05, 3.63) is 65.8 Å². The summed E-state index contributed by atoms with van der Waals surface area (Å²) in [6.07, 6.45) is 8.17. The van der Waals surface area contributed by atoms with Crippen LogP contribution in [0.4, 0.5) is 5.82 Å². The number of aromatic nitrogens is 5. The average molecular weight is 494 g/mol. The van der Waals surface area contributed by atoms with Crippen molar-refractivity contribution in [1.82, 2.24) is 29.7 Å². The van der Waals surface area contributed by atoms with Gasteiger partial charge in [-0.25, -0.2) is 9.50 Å². The summed E-state index contributed by atoms with van der Waals surface area (Å²) in [5.74, 6) is 0.805. The van der Waals surface area contributed by atoms with Gasteiger partial charge in [-0.15, -0.1) is 0 Å². The van der Waals surface area contributed by atoms with E-state index in [1.807, 2.05) is 52.1 Å². The van der Waals surface area contributed by atoms with Gasteiger partial charge in [-0.2, -0.15) is 10.2 Å². The molecular weight excluding hydrogens is 466 g/mol. The van der Waals surface area contributed by atoms with Gasteiger partial charge < -0.3 is 15.0 Å². The van der Waals surface area contributed by atoms with Crippen LogP contribution in [0.3, 0.4) is 0 Å². The van der Waals surface area contributed by atoms with Gasteiger partial charge in [0.1, 0.15) is 11.8 Å². The van der Waals surface area contributed by atoms with Gasteiger partial charge in [0.15, 0.2) is 5.82 Å². The molecule has 5 rings (SSSR count). The van der Waals surface area contributed by atoms with Crippen LogP contribution >= 0.6 is 11.6 Å². The van der Waals surface area contributed by atoms with E-state index in [1.165, 1.54) is 0 Å². The Morgan fingerprint density at radius 3 is 2.74 bits per heavy atom. The van der Waals surface area contributed by atoms with Crippen molar-refractivity contribution in [3.8, 4) is 11.1 Å². The summed E-state index contributed by atoms with van der Waals surface area (Å²) in [7, 11) is 1.68. The van der Waals surface area contributed by atoms with Crippen LogP contribution in [0.5, 0.6) is 0 Å². The third kappa shape index (κ3) is 4.87. The van der Waals surface area contributed by atoms with Gasteiger partial charge in [0.05, 0.1) is 31.3 Å². The normalized spacial score (nSPS) is 14.8. The number of hydrogen-bond donors (Lipinski definition) is 1. The molecule has 1 saturated heterocycles. The number of rotatable bonds is 9. The Kier molecular flexibility index (Phi) is 6.70. The maximum absolute atomic E-state index is 12.9. The standard InChI is InChI=1S/C25H28ClN7O2/c1-3-22(17-4-6-21(26)7-5-17)30-25(34)20-12-31(13-20)24-23-10-18(15-33(23)29-16-27-24)19-11-28-32(14-19)8-9-35-2/h4-7,10-11,14-16,20,22H,3,8-9,12-13H2,1-2H3,(H,30,34). The van der Waals surface area contributed by atoms with Crippen molar-refractivity contribution in [3.63, 3.8) is 0 Å². The molecule has 0 aliphatic carbocycles. The van der Waals surface area contributed by atoms with E-state index in [0.29, 0.717) is 31.3 Å². The van der Waals surface area contributed by atoms with E-state index in [-0.39, 0.29) is 17.9 Å². The molecule has 1 fully saturated rings. The number of methoxy groups -OCH3 is 1. The molecule has 10 heteroatoms. The molecule has 0 radical (unpaired) electrons. The predicted octanol–water partition coefficient (Wildman–Crippen LogP) is 3.60. The number of ether oxygens (including phenoxy) is 1. The first-order valence-corrected chi connectivity index (χ1v) is 12.1. The fourth-order valence-corrected chi connectivity index (χ4v) is 4.49. The molecule has 182 valence electrons. The number of fused-ring (bicyclic) bond motifs is 1. The highest BCUT2D eigenvalue weighted by Crippen LogP contribution is 2.31. The van der Waals surface area contributed by atoms with E-state index in [0.717, 1.165) is 34.4 Å². The second kappa shape index (κ2) is 10.1. The molecule has 1 aromatic carbocycles. The van der Waals surface area contributed by atoms with E-state index in [2.05, 4.69) is 38.4 Å². The SMILES string of the molecule is CCC(NC(=O)C1CN(c2ncnn3cc(-c4cnn(CCOC)c4)cc23)C1)c1ccc(Cl)cc1. The third-order valence-electron chi connectivity index (χ3n) is 6.43. The van der Waals surface area contributed by atoms with E-state index in [1.54, 1.807) is 13.4 Å². The van der Waals surface area contributed by atoms with Crippen LogP contribution in [-0.4, -0.2) is 57.1 Å². The highest BCUT2D eigenvalue weighted by Gasteiger charge is 2.35. The lowest BCUT2D eigenvalue weighted by Crippen LogP contribution is -2.54. The van der Waals surface area contributed by atoms with E-state index in [9.17, 15) is 4.79 Å². The van der Waals surface area contributed by atoms with Crippen LogP contribution in [0.2, 0.25) is 5.02 Å². The van der Waals surface area contributed by atoms with Gasteiger partial charge in [-0.05, 0) is 30.2 Å². The van der Waals surface area contributed by atoms with Crippen molar-refractivity contribution in [2.75, 3.05) is 31.7 Å². The minimum absolute atomic E-state index is 0.0300. The maximum Gasteiger partial charge on any atom is 0.227 e. The first-order valence-electron chi connectivity index (χ1n) is 11.7. The zero-order valence-electron chi connectivity index (χ0n) is 19.8. The zero-order valence-corrected chi connectivity index (χ0v) is 20.5. The molecule has 1 N–H and O–H groups in total. The zero-order chi connectivity index (χ0) is 24.4. The van der Waals surface area contributed by atoms with Crippen molar-refractivity contribution >= 4 is 28.8 Å². The molecule has 3 aromatic heterocycles. The highest BCUT2D eigenvalue weighted by atomic mass is 35.5. The minimum Gasteiger partial charge on any atom is -0.383 e. The first kappa shape index (κ1) is 23.3.